The molecular weight excluding hydrogens is 258 g/mol. The zero-order chi connectivity index (χ0) is 13.4. The minimum Gasteiger partial charge on any atom is -0.382 e. The number of fused-ring (bicyclic) bond motifs is 1. The molecule has 0 unspecified atom stereocenters. The Labute approximate surface area is 113 Å². The Hall–Kier alpha value is -2.52. The zero-order valence-corrected chi connectivity index (χ0v) is 10.9. The molecule has 0 aromatic carbocycles. The van der Waals surface area contributed by atoms with Crippen LogP contribution in [0, 0.1) is 18.3 Å². The van der Waals surface area contributed by atoms with E-state index in [-0.39, 0.29) is 5.82 Å². The largest absolute Gasteiger partial charge is 0.382 e. The SMILES string of the molecule is Cc1nc(-c2cnc3ccsc3c2)nc(N)c1C#N. The Balaban J connectivity index is 2.18. The molecule has 0 saturated heterocycles. The smallest absolute Gasteiger partial charge is 0.163 e. The topological polar surface area (TPSA) is 88.5 Å². The van der Waals surface area contributed by atoms with Crippen molar-refractivity contribution >= 4 is 27.4 Å². The van der Waals surface area contributed by atoms with Crippen LogP contribution in [0.1, 0.15) is 11.3 Å². The van der Waals surface area contributed by atoms with Crippen molar-refractivity contribution in [3.63, 3.8) is 0 Å². The second-order valence-electron chi connectivity index (χ2n) is 4.03. The van der Waals surface area contributed by atoms with Crippen molar-refractivity contribution in [3.8, 4) is 17.5 Å². The van der Waals surface area contributed by atoms with E-state index in [1.807, 2.05) is 23.6 Å². The van der Waals surface area contributed by atoms with Crippen LogP contribution in [0.15, 0.2) is 23.7 Å². The van der Waals surface area contributed by atoms with Gasteiger partial charge in [0, 0.05) is 11.8 Å². The van der Waals surface area contributed by atoms with Crippen LogP contribution >= 0.6 is 11.3 Å². The first-order chi connectivity index (χ1) is 9.19. The predicted molar refractivity (Wildman–Crippen MR) is 74.5 cm³/mol. The highest BCUT2D eigenvalue weighted by Crippen LogP contribution is 2.25. The first-order valence-electron chi connectivity index (χ1n) is 5.57. The number of nitrogens with zero attached hydrogens (tertiary/aromatic N) is 4. The second-order valence-corrected chi connectivity index (χ2v) is 4.98. The van der Waals surface area contributed by atoms with E-state index in [9.17, 15) is 0 Å². The van der Waals surface area contributed by atoms with Gasteiger partial charge >= 0.3 is 0 Å². The number of rotatable bonds is 1. The predicted octanol–water partition coefficient (Wildman–Crippen LogP) is 2.52. The van der Waals surface area contributed by atoms with Gasteiger partial charge in [-0.2, -0.15) is 5.26 Å². The number of hydrogen-bond acceptors (Lipinski definition) is 6. The zero-order valence-electron chi connectivity index (χ0n) is 10.1. The van der Waals surface area contributed by atoms with Crippen LogP contribution in [0.4, 0.5) is 5.82 Å². The van der Waals surface area contributed by atoms with Gasteiger partial charge in [0.15, 0.2) is 5.82 Å². The van der Waals surface area contributed by atoms with Gasteiger partial charge in [0.2, 0.25) is 0 Å². The molecule has 0 aliphatic heterocycles. The number of aryl methyl sites for hydroxylation is 1. The van der Waals surface area contributed by atoms with Gasteiger partial charge in [-0.3, -0.25) is 4.98 Å². The van der Waals surface area contributed by atoms with Gasteiger partial charge in [-0.05, 0) is 24.4 Å². The number of pyridine rings is 1. The summed E-state index contributed by atoms with van der Waals surface area (Å²) in [6, 6.07) is 5.94. The highest BCUT2D eigenvalue weighted by molar-refractivity contribution is 7.17. The third-order valence-corrected chi connectivity index (χ3v) is 3.64. The summed E-state index contributed by atoms with van der Waals surface area (Å²) in [6.07, 6.45) is 1.72. The number of thiophene rings is 1. The summed E-state index contributed by atoms with van der Waals surface area (Å²) >= 11 is 1.61. The van der Waals surface area contributed by atoms with E-state index in [4.69, 9.17) is 11.0 Å². The van der Waals surface area contributed by atoms with Gasteiger partial charge in [-0.1, -0.05) is 0 Å². The lowest BCUT2D eigenvalue weighted by molar-refractivity contribution is 1.10. The standard InChI is InChI=1S/C13H9N5S/c1-7-9(5-14)12(15)18-13(17-7)8-4-11-10(16-6-8)2-3-19-11/h2-4,6H,1H3,(H2,15,17,18). The molecule has 5 nitrogen and oxygen atoms in total. The lowest BCUT2D eigenvalue weighted by atomic mass is 10.2. The maximum Gasteiger partial charge on any atom is 0.163 e. The van der Waals surface area contributed by atoms with Gasteiger partial charge in [0.1, 0.15) is 17.5 Å². The van der Waals surface area contributed by atoms with Gasteiger partial charge in [0.25, 0.3) is 0 Å². The average molecular weight is 267 g/mol. The van der Waals surface area contributed by atoms with Crippen LogP contribution in [0.5, 0.6) is 0 Å². The van der Waals surface area contributed by atoms with Crippen molar-refractivity contribution in [2.75, 3.05) is 5.73 Å². The Kier molecular flexibility index (Phi) is 2.62. The number of hydrogen-bond donors (Lipinski definition) is 1. The van der Waals surface area contributed by atoms with Crippen molar-refractivity contribution in [1.82, 2.24) is 15.0 Å². The van der Waals surface area contributed by atoms with Gasteiger partial charge < -0.3 is 5.73 Å². The lowest BCUT2D eigenvalue weighted by Gasteiger charge is -2.05. The highest BCUT2D eigenvalue weighted by atomic mass is 32.1. The molecule has 6 heteroatoms. The van der Waals surface area contributed by atoms with Gasteiger partial charge in [-0.25, -0.2) is 9.97 Å². The van der Waals surface area contributed by atoms with Crippen molar-refractivity contribution in [3.05, 3.63) is 35.0 Å². The average Bonchev–Trinajstić information content (AvgIpc) is 2.85. The van der Waals surface area contributed by atoms with E-state index in [0.29, 0.717) is 17.1 Å². The minimum atomic E-state index is 0.205. The first-order valence-corrected chi connectivity index (χ1v) is 6.45. The van der Waals surface area contributed by atoms with Crippen LogP contribution in [0.25, 0.3) is 21.6 Å². The minimum absolute atomic E-state index is 0.205. The molecule has 0 amide bonds. The molecule has 92 valence electrons. The molecule has 3 heterocycles. The number of nitrogens with two attached hydrogens (primary N) is 1. The molecule has 0 fully saturated rings. The summed E-state index contributed by atoms with van der Waals surface area (Å²) in [6.45, 7) is 1.75. The molecule has 0 spiro atoms. The Morgan fingerprint density at radius 3 is 2.95 bits per heavy atom. The summed E-state index contributed by atoms with van der Waals surface area (Å²) in [5.41, 5.74) is 8.43. The van der Waals surface area contributed by atoms with E-state index in [1.165, 1.54) is 0 Å². The lowest BCUT2D eigenvalue weighted by Crippen LogP contribution is -2.02. The third kappa shape index (κ3) is 1.90. The molecule has 0 aliphatic carbocycles. The molecule has 3 aromatic heterocycles. The van der Waals surface area contributed by atoms with Crippen LogP contribution in [-0.4, -0.2) is 15.0 Å². The van der Waals surface area contributed by atoms with Gasteiger partial charge in [-0.15, -0.1) is 11.3 Å². The number of nitriles is 1. The van der Waals surface area contributed by atoms with Crippen LogP contribution in [0.3, 0.4) is 0 Å². The van der Waals surface area contributed by atoms with Crippen molar-refractivity contribution in [2.24, 2.45) is 0 Å². The normalized spacial score (nSPS) is 10.5. The fourth-order valence-electron chi connectivity index (χ4n) is 1.83. The fourth-order valence-corrected chi connectivity index (χ4v) is 2.61. The van der Waals surface area contributed by atoms with Crippen LogP contribution in [0.2, 0.25) is 0 Å². The Morgan fingerprint density at radius 1 is 1.37 bits per heavy atom. The Morgan fingerprint density at radius 2 is 2.21 bits per heavy atom. The molecule has 3 rings (SSSR count). The quantitative estimate of drug-likeness (QED) is 0.731. The third-order valence-electron chi connectivity index (χ3n) is 2.79. The molecule has 0 aliphatic rings. The van der Waals surface area contributed by atoms with E-state index in [1.54, 1.807) is 24.5 Å². The number of aromatic nitrogens is 3. The number of nitrogen functional groups attached to an aromatic ring is 1. The molecule has 2 N–H and O–H groups in total. The monoisotopic (exact) mass is 267 g/mol. The van der Waals surface area contributed by atoms with Crippen LogP contribution < -0.4 is 5.73 Å². The van der Waals surface area contributed by atoms with Gasteiger partial charge in [0.05, 0.1) is 15.9 Å². The van der Waals surface area contributed by atoms with E-state index < -0.39 is 0 Å². The fraction of sp³-hybridized carbons (Fsp3) is 0.0769. The van der Waals surface area contributed by atoms with E-state index in [2.05, 4.69) is 15.0 Å². The summed E-state index contributed by atoms with van der Waals surface area (Å²) in [5.74, 6) is 0.702. The molecule has 0 bridgehead atoms. The van der Waals surface area contributed by atoms with Crippen molar-refractivity contribution in [2.45, 2.75) is 6.92 Å². The van der Waals surface area contributed by atoms with Crippen molar-refractivity contribution in [1.29, 1.82) is 5.26 Å². The summed E-state index contributed by atoms with van der Waals surface area (Å²) in [4.78, 5) is 12.8. The molecule has 0 radical (unpaired) electrons. The summed E-state index contributed by atoms with van der Waals surface area (Å²) in [5, 5.41) is 10.9. The number of anilines is 1. The van der Waals surface area contributed by atoms with Crippen molar-refractivity contribution < 1.29 is 0 Å². The molecule has 3 aromatic rings. The first kappa shape index (κ1) is 11.6. The second kappa shape index (κ2) is 4.30. The summed E-state index contributed by atoms with van der Waals surface area (Å²) < 4.78 is 1.07. The highest BCUT2D eigenvalue weighted by Gasteiger charge is 2.11. The molecule has 0 atom stereocenters. The van der Waals surface area contributed by atoms with E-state index >= 15 is 0 Å². The summed E-state index contributed by atoms with van der Waals surface area (Å²) in [7, 11) is 0. The molecule has 19 heavy (non-hydrogen) atoms. The maximum atomic E-state index is 8.95. The molecular formula is C13H9N5S. The van der Waals surface area contributed by atoms with Crippen LogP contribution in [-0.2, 0) is 0 Å². The van der Waals surface area contributed by atoms with E-state index in [0.717, 1.165) is 15.8 Å². The Bertz CT molecular complexity index is 792. The molecule has 0 saturated carbocycles. The maximum absolute atomic E-state index is 8.95.